The van der Waals surface area contributed by atoms with Crippen molar-refractivity contribution in [2.75, 3.05) is 24.2 Å². The molecule has 29 heavy (non-hydrogen) atoms. The Hall–Kier alpha value is -2.51. The van der Waals surface area contributed by atoms with E-state index in [2.05, 4.69) is 10.3 Å². The number of amides is 2. The van der Waals surface area contributed by atoms with E-state index < -0.39 is 0 Å². The first-order valence-corrected chi connectivity index (χ1v) is 10.6. The third kappa shape index (κ3) is 5.74. The molecule has 1 heterocycles. The van der Waals surface area contributed by atoms with E-state index in [1.54, 1.807) is 23.1 Å². The molecule has 0 fully saturated rings. The molecular formula is C21H22ClN3O3S. The van der Waals surface area contributed by atoms with Gasteiger partial charge in [-0.1, -0.05) is 48.5 Å². The van der Waals surface area contributed by atoms with Crippen molar-refractivity contribution in [2.45, 2.75) is 25.5 Å². The molecule has 0 saturated heterocycles. The Morgan fingerprint density at radius 2 is 2.03 bits per heavy atom. The number of aryl methyl sites for hydroxylation is 1. The lowest BCUT2D eigenvalue weighted by Crippen LogP contribution is -2.39. The maximum absolute atomic E-state index is 12.7. The smallest absolute Gasteiger partial charge is 0.257 e. The van der Waals surface area contributed by atoms with Crippen molar-refractivity contribution in [1.29, 1.82) is 0 Å². The number of carbonyl (C=O) groups is 2. The molecular weight excluding hydrogens is 410 g/mol. The second-order valence-electron chi connectivity index (χ2n) is 6.56. The number of para-hydroxylation sites is 1. The molecule has 0 aliphatic carbocycles. The molecule has 0 bridgehead atoms. The van der Waals surface area contributed by atoms with Gasteiger partial charge in [0.1, 0.15) is 5.52 Å². The molecule has 0 atom stereocenters. The van der Waals surface area contributed by atoms with Crippen molar-refractivity contribution in [3.8, 4) is 0 Å². The molecule has 0 aliphatic heterocycles. The van der Waals surface area contributed by atoms with Crippen LogP contribution in [0.25, 0.3) is 11.1 Å². The highest BCUT2D eigenvalue weighted by molar-refractivity contribution is 7.99. The van der Waals surface area contributed by atoms with Crippen molar-refractivity contribution in [3.05, 3.63) is 53.1 Å². The van der Waals surface area contributed by atoms with Gasteiger partial charge < -0.3 is 14.6 Å². The number of hydrogen-bond donors (Lipinski definition) is 1. The van der Waals surface area contributed by atoms with Crippen molar-refractivity contribution >= 4 is 52.0 Å². The Morgan fingerprint density at radius 3 is 2.79 bits per heavy atom. The summed E-state index contributed by atoms with van der Waals surface area (Å²) in [6.45, 7) is 4.40. The number of nitrogens with zero attached hydrogens (tertiary/aromatic N) is 2. The van der Waals surface area contributed by atoms with Crippen molar-refractivity contribution in [3.63, 3.8) is 0 Å². The zero-order chi connectivity index (χ0) is 20.8. The molecule has 8 heteroatoms. The van der Waals surface area contributed by atoms with Gasteiger partial charge in [0.25, 0.3) is 5.22 Å². The number of hydrogen-bond acceptors (Lipinski definition) is 5. The standard InChI is InChI=1S/C21H22ClN3O3S/c1-3-10-25(12-19(26)23-16-7-5-4-6-14(16)2)20(27)13-29-21-24-17-11-15(22)8-9-18(17)28-21/h4-9,11H,3,10,12-13H2,1-2H3,(H,23,26). The van der Waals surface area contributed by atoms with E-state index in [0.29, 0.717) is 27.9 Å². The van der Waals surface area contributed by atoms with Crippen LogP contribution in [0.2, 0.25) is 5.02 Å². The molecule has 0 spiro atoms. The fraction of sp³-hybridized carbons (Fsp3) is 0.286. The number of oxazole rings is 1. The Balaban J connectivity index is 1.59. The molecule has 6 nitrogen and oxygen atoms in total. The Morgan fingerprint density at radius 1 is 1.24 bits per heavy atom. The normalized spacial score (nSPS) is 10.9. The number of thioether (sulfide) groups is 1. The summed E-state index contributed by atoms with van der Waals surface area (Å²) in [6, 6.07) is 12.7. The Labute approximate surface area is 178 Å². The van der Waals surface area contributed by atoms with Crippen LogP contribution in [0.3, 0.4) is 0 Å². The van der Waals surface area contributed by atoms with Crippen LogP contribution in [-0.2, 0) is 9.59 Å². The highest BCUT2D eigenvalue weighted by Crippen LogP contribution is 2.25. The van der Waals surface area contributed by atoms with Crippen molar-refractivity contribution in [2.24, 2.45) is 0 Å². The van der Waals surface area contributed by atoms with Crippen LogP contribution in [0.5, 0.6) is 0 Å². The van der Waals surface area contributed by atoms with Crippen LogP contribution in [-0.4, -0.2) is 40.5 Å². The molecule has 1 aromatic heterocycles. The minimum Gasteiger partial charge on any atom is -0.431 e. The van der Waals surface area contributed by atoms with Crippen LogP contribution < -0.4 is 5.32 Å². The number of rotatable bonds is 8. The average molecular weight is 432 g/mol. The molecule has 152 valence electrons. The average Bonchev–Trinajstić information content (AvgIpc) is 3.09. The number of fused-ring (bicyclic) bond motifs is 1. The molecule has 2 aromatic carbocycles. The van der Waals surface area contributed by atoms with Crippen LogP contribution in [0, 0.1) is 6.92 Å². The molecule has 3 aromatic rings. The van der Waals surface area contributed by atoms with Crippen LogP contribution in [0.4, 0.5) is 5.69 Å². The van der Waals surface area contributed by atoms with Crippen LogP contribution >= 0.6 is 23.4 Å². The van der Waals surface area contributed by atoms with Gasteiger partial charge in [-0.2, -0.15) is 0 Å². The minimum atomic E-state index is -0.220. The predicted molar refractivity (Wildman–Crippen MR) is 116 cm³/mol. The molecule has 2 amide bonds. The van der Waals surface area contributed by atoms with Gasteiger partial charge in [-0.15, -0.1) is 0 Å². The van der Waals surface area contributed by atoms with Gasteiger partial charge in [0.05, 0.1) is 12.3 Å². The van der Waals surface area contributed by atoms with Gasteiger partial charge >= 0.3 is 0 Å². The minimum absolute atomic E-state index is 0.00470. The van der Waals surface area contributed by atoms with E-state index >= 15 is 0 Å². The lowest BCUT2D eigenvalue weighted by atomic mass is 10.2. The van der Waals surface area contributed by atoms with Gasteiger partial charge in [0.15, 0.2) is 5.58 Å². The fourth-order valence-electron chi connectivity index (χ4n) is 2.79. The zero-order valence-electron chi connectivity index (χ0n) is 16.3. The summed E-state index contributed by atoms with van der Waals surface area (Å²) in [6.07, 6.45) is 0.759. The number of benzene rings is 2. The van der Waals surface area contributed by atoms with Gasteiger partial charge in [-0.3, -0.25) is 9.59 Å². The first-order chi connectivity index (χ1) is 14.0. The van der Waals surface area contributed by atoms with E-state index in [9.17, 15) is 9.59 Å². The summed E-state index contributed by atoms with van der Waals surface area (Å²) in [5.74, 6) is -0.224. The van der Waals surface area contributed by atoms with Gasteiger partial charge in [0.2, 0.25) is 11.8 Å². The maximum Gasteiger partial charge on any atom is 0.257 e. The topological polar surface area (TPSA) is 75.4 Å². The molecule has 0 unspecified atom stereocenters. The molecule has 0 saturated carbocycles. The lowest BCUT2D eigenvalue weighted by molar-refractivity contribution is -0.132. The van der Waals surface area contributed by atoms with Crippen LogP contribution in [0.15, 0.2) is 52.1 Å². The summed E-state index contributed by atoms with van der Waals surface area (Å²) in [7, 11) is 0. The summed E-state index contributed by atoms with van der Waals surface area (Å²) in [4.78, 5) is 31.0. The SMILES string of the molecule is CCCN(CC(=O)Nc1ccccc1C)C(=O)CSc1nc2cc(Cl)ccc2o1. The summed E-state index contributed by atoms with van der Waals surface area (Å²) in [5, 5.41) is 3.84. The second-order valence-corrected chi connectivity index (χ2v) is 7.92. The third-order valence-electron chi connectivity index (χ3n) is 4.25. The largest absolute Gasteiger partial charge is 0.431 e. The number of anilines is 1. The Kier molecular flexibility index (Phi) is 7.17. The molecule has 0 radical (unpaired) electrons. The van der Waals surface area contributed by atoms with E-state index in [0.717, 1.165) is 17.7 Å². The summed E-state index contributed by atoms with van der Waals surface area (Å²) in [5.41, 5.74) is 2.99. The van der Waals surface area contributed by atoms with Crippen molar-refractivity contribution in [1.82, 2.24) is 9.88 Å². The highest BCUT2D eigenvalue weighted by Gasteiger charge is 2.18. The van der Waals surface area contributed by atoms with Gasteiger partial charge in [-0.05, 0) is 43.2 Å². The monoisotopic (exact) mass is 431 g/mol. The zero-order valence-corrected chi connectivity index (χ0v) is 17.8. The third-order valence-corrected chi connectivity index (χ3v) is 5.30. The number of nitrogens with one attached hydrogen (secondary N) is 1. The first kappa shape index (κ1) is 21.2. The second kappa shape index (κ2) is 9.80. The number of halogens is 1. The first-order valence-electron chi connectivity index (χ1n) is 9.28. The summed E-state index contributed by atoms with van der Waals surface area (Å²) >= 11 is 7.16. The molecule has 3 rings (SSSR count). The quantitative estimate of drug-likeness (QED) is 0.520. The Bertz CT molecular complexity index is 1020. The van der Waals surface area contributed by atoms with Gasteiger partial charge in [-0.25, -0.2) is 4.98 Å². The highest BCUT2D eigenvalue weighted by atomic mass is 35.5. The van der Waals surface area contributed by atoms with E-state index in [4.69, 9.17) is 16.0 Å². The van der Waals surface area contributed by atoms with E-state index in [-0.39, 0.29) is 24.1 Å². The van der Waals surface area contributed by atoms with Gasteiger partial charge in [0, 0.05) is 17.3 Å². The van der Waals surface area contributed by atoms with E-state index in [1.807, 2.05) is 38.1 Å². The molecule has 0 aliphatic rings. The number of carbonyl (C=O) groups excluding carboxylic acids is 2. The van der Waals surface area contributed by atoms with E-state index in [1.165, 1.54) is 11.8 Å². The van der Waals surface area contributed by atoms with Crippen LogP contribution in [0.1, 0.15) is 18.9 Å². The predicted octanol–water partition coefficient (Wildman–Crippen LogP) is 4.76. The van der Waals surface area contributed by atoms with Crippen molar-refractivity contribution < 1.29 is 14.0 Å². The summed E-state index contributed by atoms with van der Waals surface area (Å²) < 4.78 is 5.63. The maximum atomic E-state index is 12.7. The lowest BCUT2D eigenvalue weighted by Gasteiger charge is -2.21. The number of aromatic nitrogens is 1. The fourth-order valence-corrected chi connectivity index (χ4v) is 3.70. The molecule has 1 N–H and O–H groups in total.